The van der Waals surface area contributed by atoms with Crippen molar-refractivity contribution in [3.63, 3.8) is 0 Å². The molecule has 0 saturated carbocycles. The topological polar surface area (TPSA) is 66.4 Å². The summed E-state index contributed by atoms with van der Waals surface area (Å²) in [5, 5.41) is 11.4. The van der Waals surface area contributed by atoms with Gasteiger partial charge in [0.25, 0.3) is 0 Å². The number of benzene rings is 1. The second-order valence-electron chi connectivity index (χ2n) is 3.89. The minimum atomic E-state index is -0.954. The molecule has 7 heteroatoms. The third-order valence-corrected chi connectivity index (χ3v) is 4.29. The lowest BCUT2D eigenvalue weighted by Crippen LogP contribution is -2.19. The predicted molar refractivity (Wildman–Crippen MR) is 79.4 cm³/mol. The minimum Gasteiger partial charge on any atom is -0.480 e. The summed E-state index contributed by atoms with van der Waals surface area (Å²) >= 11 is 13.0. The van der Waals surface area contributed by atoms with Crippen LogP contribution in [0.5, 0.6) is 0 Å². The lowest BCUT2D eigenvalue weighted by molar-refractivity contribution is -0.136. The fourth-order valence-corrected chi connectivity index (χ4v) is 2.30. The Morgan fingerprint density at radius 2 is 2.05 bits per heavy atom. The molecule has 0 fully saturated rings. The van der Waals surface area contributed by atoms with Crippen molar-refractivity contribution >= 4 is 52.5 Å². The van der Waals surface area contributed by atoms with Crippen molar-refractivity contribution in [2.75, 3.05) is 11.1 Å². The fourth-order valence-electron chi connectivity index (χ4n) is 1.22. The molecule has 1 rings (SSSR count). The number of anilines is 1. The highest BCUT2D eigenvalue weighted by atomic mass is 35.5. The smallest absolute Gasteiger partial charge is 0.316 e. The molecule has 1 atom stereocenters. The summed E-state index contributed by atoms with van der Waals surface area (Å²) in [5.74, 6) is -1.27. The van der Waals surface area contributed by atoms with Gasteiger partial charge in [0.15, 0.2) is 0 Å². The summed E-state index contributed by atoms with van der Waals surface area (Å²) < 4.78 is 0. The molecule has 2 N–H and O–H groups in total. The van der Waals surface area contributed by atoms with Crippen LogP contribution < -0.4 is 5.32 Å². The highest BCUT2D eigenvalue weighted by Crippen LogP contribution is 2.32. The molecule has 104 valence electrons. The van der Waals surface area contributed by atoms with Gasteiger partial charge < -0.3 is 10.4 Å². The Morgan fingerprint density at radius 3 is 2.63 bits per heavy atom. The zero-order chi connectivity index (χ0) is 14.6. The molecule has 0 heterocycles. The van der Waals surface area contributed by atoms with Gasteiger partial charge in [0, 0.05) is 0 Å². The van der Waals surface area contributed by atoms with Crippen LogP contribution in [0.3, 0.4) is 0 Å². The number of carbonyl (C=O) groups is 2. The highest BCUT2D eigenvalue weighted by molar-refractivity contribution is 8.01. The van der Waals surface area contributed by atoms with E-state index in [9.17, 15) is 9.59 Å². The summed E-state index contributed by atoms with van der Waals surface area (Å²) in [6, 6.07) is 3.40. The molecule has 0 radical (unpaired) electrons. The van der Waals surface area contributed by atoms with Gasteiger partial charge in [-0.3, -0.25) is 9.59 Å². The third-order valence-electron chi connectivity index (χ3n) is 2.36. The van der Waals surface area contributed by atoms with Crippen molar-refractivity contribution in [2.45, 2.75) is 19.1 Å². The molecule has 4 nitrogen and oxygen atoms in total. The number of carboxylic acids is 1. The maximum atomic E-state index is 11.7. The van der Waals surface area contributed by atoms with Crippen molar-refractivity contribution in [1.29, 1.82) is 0 Å². The van der Waals surface area contributed by atoms with Crippen molar-refractivity contribution in [2.24, 2.45) is 0 Å². The van der Waals surface area contributed by atoms with E-state index in [0.717, 1.165) is 17.3 Å². The number of carbonyl (C=O) groups excluding carboxylic acids is 1. The molecular formula is C12H13Cl2NO3S. The molecule has 1 aromatic carbocycles. The number of hydrogen-bond donors (Lipinski definition) is 2. The van der Waals surface area contributed by atoms with Crippen LogP contribution in [-0.4, -0.2) is 28.0 Å². The van der Waals surface area contributed by atoms with E-state index in [2.05, 4.69) is 5.32 Å². The number of amides is 1. The summed E-state index contributed by atoms with van der Waals surface area (Å²) in [7, 11) is 0. The van der Waals surface area contributed by atoms with Gasteiger partial charge in [-0.25, -0.2) is 0 Å². The zero-order valence-corrected chi connectivity index (χ0v) is 12.7. The van der Waals surface area contributed by atoms with E-state index in [1.165, 1.54) is 6.92 Å². The Morgan fingerprint density at radius 1 is 1.42 bits per heavy atom. The third kappa shape index (κ3) is 4.60. The predicted octanol–water partition coefficient (Wildman–Crippen LogP) is 3.45. The number of carboxylic acid groups (broad SMARTS) is 1. The van der Waals surface area contributed by atoms with Crippen molar-refractivity contribution < 1.29 is 14.7 Å². The van der Waals surface area contributed by atoms with Crippen LogP contribution in [0.2, 0.25) is 10.0 Å². The molecular weight excluding hydrogens is 309 g/mol. The molecule has 19 heavy (non-hydrogen) atoms. The lowest BCUT2D eigenvalue weighted by Gasteiger charge is -2.11. The second-order valence-corrected chi connectivity index (χ2v) is 6.01. The van der Waals surface area contributed by atoms with Crippen molar-refractivity contribution in [1.82, 2.24) is 0 Å². The first-order chi connectivity index (χ1) is 8.82. The second kappa shape index (κ2) is 7.03. The molecule has 0 aromatic heterocycles. The van der Waals surface area contributed by atoms with Gasteiger partial charge in [-0.1, -0.05) is 29.3 Å². The molecule has 1 unspecified atom stereocenters. The van der Waals surface area contributed by atoms with Gasteiger partial charge >= 0.3 is 5.97 Å². The Balaban J connectivity index is 2.68. The quantitative estimate of drug-likeness (QED) is 0.871. The monoisotopic (exact) mass is 321 g/mol. The molecule has 0 saturated heterocycles. The van der Waals surface area contributed by atoms with E-state index in [1.807, 2.05) is 0 Å². The first kappa shape index (κ1) is 16.1. The van der Waals surface area contributed by atoms with Crippen LogP contribution in [0.4, 0.5) is 5.69 Å². The van der Waals surface area contributed by atoms with Gasteiger partial charge in [0.1, 0.15) is 0 Å². The first-order valence-electron chi connectivity index (χ1n) is 5.41. The average Bonchev–Trinajstić information content (AvgIpc) is 2.36. The number of hydrogen-bond acceptors (Lipinski definition) is 3. The molecule has 1 amide bonds. The molecule has 0 spiro atoms. The Bertz CT molecular complexity index is 508. The van der Waals surface area contributed by atoms with Crippen LogP contribution in [0.25, 0.3) is 0 Å². The van der Waals surface area contributed by atoms with Gasteiger partial charge in [0.2, 0.25) is 5.91 Å². The number of rotatable bonds is 5. The molecule has 1 aromatic rings. The largest absolute Gasteiger partial charge is 0.480 e. The zero-order valence-electron chi connectivity index (χ0n) is 10.4. The van der Waals surface area contributed by atoms with E-state index >= 15 is 0 Å². The van der Waals surface area contributed by atoms with E-state index in [4.69, 9.17) is 28.3 Å². The van der Waals surface area contributed by atoms with Crippen LogP contribution >= 0.6 is 35.0 Å². The summed E-state index contributed by atoms with van der Waals surface area (Å²) in [5.41, 5.74) is 1.16. The number of halogens is 2. The first-order valence-corrected chi connectivity index (χ1v) is 7.22. The summed E-state index contributed by atoms with van der Waals surface area (Å²) in [6.45, 7) is 3.32. The van der Waals surface area contributed by atoms with Gasteiger partial charge in [-0.15, -0.1) is 11.8 Å². The van der Waals surface area contributed by atoms with Crippen LogP contribution in [0.15, 0.2) is 12.1 Å². The van der Waals surface area contributed by atoms with Gasteiger partial charge in [0.05, 0.1) is 26.7 Å². The van der Waals surface area contributed by atoms with E-state index in [0.29, 0.717) is 15.7 Å². The number of aryl methyl sites for hydroxylation is 1. The summed E-state index contributed by atoms with van der Waals surface area (Å²) in [4.78, 5) is 22.3. The number of aliphatic carboxylic acids is 1. The SMILES string of the molecule is Cc1ccc(Cl)c(NC(=O)CSC(C)C(=O)O)c1Cl. The van der Waals surface area contributed by atoms with Crippen molar-refractivity contribution in [3.8, 4) is 0 Å². The number of thioether (sulfide) groups is 1. The van der Waals surface area contributed by atoms with Crippen LogP contribution in [0.1, 0.15) is 12.5 Å². The maximum absolute atomic E-state index is 11.7. The molecule has 0 aliphatic carbocycles. The highest BCUT2D eigenvalue weighted by Gasteiger charge is 2.15. The standard InChI is InChI=1S/C12H13Cl2NO3S/c1-6-3-4-8(13)11(10(6)14)15-9(16)5-19-7(2)12(17)18/h3-4,7H,5H2,1-2H3,(H,15,16)(H,17,18). The maximum Gasteiger partial charge on any atom is 0.316 e. The normalized spacial score (nSPS) is 12.0. The van der Waals surface area contributed by atoms with E-state index < -0.39 is 11.2 Å². The van der Waals surface area contributed by atoms with E-state index in [-0.39, 0.29) is 11.7 Å². The Hall–Kier alpha value is -0.910. The Kier molecular flexibility index (Phi) is 5.97. The van der Waals surface area contributed by atoms with Crippen LogP contribution in [0, 0.1) is 6.92 Å². The van der Waals surface area contributed by atoms with Crippen LogP contribution in [-0.2, 0) is 9.59 Å². The fraction of sp³-hybridized carbons (Fsp3) is 0.333. The van der Waals surface area contributed by atoms with E-state index in [1.54, 1.807) is 19.1 Å². The summed E-state index contributed by atoms with van der Waals surface area (Å²) in [6.07, 6.45) is 0. The molecule has 0 aliphatic heterocycles. The average molecular weight is 322 g/mol. The minimum absolute atomic E-state index is 0.0219. The molecule has 0 aliphatic rings. The van der Waals surface area contributed by atoms with Crippen molar-refractivity contribution in [3.05, 3.63) is 27.7 Å². The lowest BCUT2D eigenvalue weighted by atomic mass is 10.2. The van der Waals surface area contributed by atoms with Gasteiger partial charge in [-0.05, 0) is 25.5 Å². The molecule has 0 bridgehead atoms. The van der Waals surface area contributed by atoms with Gasteiger partial charge in [-0.2, -0.15) is 0 Å². The number of nitrogens with one attached hydrogen (secondary N) is 1. The Labute approximate surface area is 125 Å².